The highest BCUT2D eigenvalue weighted by molar-refractivity contribution is 6.43. The maximum atomic E-state index is 13.7. The molecule has 4 rings (SSSR count). The van der Waals surface area contributed by atoms with E-state index >= 15 is 0 Å². The molecule has 2 N–H and O–H groups in total. The third kappa shape index (κ3) is 4.58. The number of halogens is 1. The molecule has 2 fully saturated rings. The van der Waals surface area contributed by atoms with E-state index in [1.54, 1.807) is 6.07 Å². The van der Waals surface area contributed by atoms with Crippen LogP contribution in [0.2, 0.25) is 6.32 Å². The first-order valence-electron chi connectivity index (χ1n) is 12.3. The van der Waals surface area contributed by atoms with Gasteiger partial charge >= 0.3 is 7.12 Å². The summed E-state index contributed by atoms with van der Waals surface area (Å²) in [4.78, 5) is 27.5. The predicted molar refractivity (Wildman–Crippen MR) is 128 cm³/mol. The molecule has 2 heterocycles. The first-order valence-corrected chi connectivity index (χ1v) is 12.3. The molecule has 0 saturated carbocycles. The van der Waals surface area contributed by atoms with E-state index in [2.05, 4.69) is 0 Å². The number of hydrogen-bond acceptors (Lipinski definition) is 5. The normalized spacial score (nSPS) is 27.4. The lowest BCUT2D eigenvalue weighted by molar-refractivity contribution is -0.140. The Kier molecular flexibility index (Phi) is 7.29. The van der Waals surface area contributed by atoms with Gasteiger partial charge in [-0.2, -0.15) is 0 Å². The van der Waals surface area contributed by atoms with Crippen molar-refractivity contribution >= 4 is 25.0 Å². The van der Waals surface area contributed by atoms with Crippen LogP contribution in [0.3, 0.4) is 0 Å². The minimum absolute atomic E-state index is 0.0786. The fourth-order valence-corrected chi connectivity index (χ4v) is 5.95. The second-order valence-corrected chi connectivity index (χ2v) is 9.73. The number of fused-ring (bicyclic) bond motifs is 3. The number of nitrogens with zero attached hydrogens (tertiary/aromatic N) is 1. The van der Waals surface area contributed by atoms with Crippen LogP contribution in [0.1, 0.15) is 58.4 Å². The van der Waals surface area contributed by atoms with E-state index in [4.69, 9.17) is 4.65 Å². The molecule has 0 aromatic heterocycles. The number of amides is 2. The number of phenolic OH excluding ortho intramolecular Hbond substituents is 1. The SMILES string of the molecule is CCCN1C(=O)[C@@H]2[C@@H](CC(C)=C3[C@@H](CC/C(=C/c4ccc(O)c(F)c4)CC)OB(O)C[C@@H]32)C1=O. The minimum Gasteiger partial charge on any atom is -0.505 e. The van der Waals surface area contributed by atoms with Crippen LogP contribution in [0.25, 0.3) is 6.08 Å². The van der Waals surface area contributed by atoms with Crippen LogP contribution >= 0.6 is 0 Å². The average molecular weight is 469 g/mol. The predicted octanol–water partition coefficient (Wildman–Crippen LogP) is 4.33. The Balaban J connectivity index is 1.55. The quantitative estimate of drug-likeness (QED) is 0.353. The van der Waals surface area contributed by atoms with E-state index < -0.39 is 18.9 Å². The monoisotopic (exact) mass is 469 g/mol. The van der Waals surface area contributed by atoms with Gasteiger partial charge in [-0.05, 0) is 74.5 Å². The third-order valence-electron chi connectivity index (χ3n) is 7.52. The third-order valence-corrected chi connectivity index (χ3v) is 7.52. The number of aromatic hydroxyl groups is 1. The summed E-state index contributed by atoms with van der Waals surface area (Å²) in [5, 5.41) is 20.0. The van der Waals surface area contributed by atoms with Crippen molar-refractivity contribution in [3.63, 3.8) is 0 Å². The highest BCUT2D eigenvalue weighted by Crippen LogP contribution is 2.50. The van der Waals surface area contributed by atoms with Gasteiger partial charge < -0.3 is 14.8 Å². The molecule has 1 aromatic rings. The van der Waals surface area contributed by atoms with Gasteiger partial charge in [0.15, 0.2) is 11.6 Å². The molecule has 0 bridgehead atoms. The second kappa shape index (κ2) is 10.0. The van der Waals surface area contributed by atoms with Crippen LogP contribution in [-0.2, 0) is 14.2 Å². The summed E-state index contributed by atoms with van der Waals surface area (Å²) in [5.41, 5.74) is 3.93. The van der Waals surface area contributed by atoms with Crippen LogP contribution in [0.15, 0.2) is 34.9 Å². The van der Waals surface area contributed by atoms with Gasteiger partial charge in [-0.25, -0.2) is 4.39 Å². The van der Waals surface area contributed by atoms with Crippen molar-refractivity contribution in [1.82, 2.24) is 4.90 Å². The molecule has 182 valence electrons. The molecule has 0 radical (unpaired) electrons. The van der Waals surface area contributed by atoms with Crippen LogP contribution in [0, 0.1) is 23.6 Å². The summed E-state index contributed by atoms with van der Waals surface area (Å²) in [6.07, 6.45) is 5.27. The Hall–Kier alpha value is -2.45. The smallest absolute Gasteiger partial charge is 0.455 e. The molecule has 3 aliphatic rings. The second-order valence-electron chi connectivity index (χ2n) is 9.73. The average Bonchev–Trinajstić information content (AvgIpc) is 3.03. The maximum absolute atomic E-state index is 13.7. The fourth-order valence-electron chi connectivity index (χ4n) is 5.95. The van der Waals surface area contributed by atoms with Gasteiger partial charge in [-0.1, -0.05) is 37.1 Å². The minimum atomic E-state index is -0.978. The van der Waals surface area contributed by atoms with Crippen molar-refractivity contribution in [1.29, 1.82) is 0 Å². The highest BCUT2D eigenvalue weighted by Gasteiger charge is 2.56. The van der Waals surface area contributed by atoms with Crippen LogP contribution in [0.4, 0.5) is 4.39 Å². The lowest BCUT2D eigenvalue weighted by Gasteiger charge is -2.42. The van der Waals surface area contributed by atoms with E-state index in [1.807, 2.05) is 26.8 Å². The summed E-state index contributed by atoms with van der Waals surface area (Å²) >= 11 is 0. The molecule has 6 nitrogen and oxygen atoms in total. The first-order chi connectivity index (χ1) is 16.2. The van der Waals surface area contributed by atoms with Crippen molar-refractivity contribution in [2.75, 3.05) is 6.54 Å². The molecule has 8 heteroatoms. The van der Waals surface area contributed by atoms with Gasteiger partial charge in [0.1, 0.15) is 0 Å². The van der Waals surface area contributed by atoms with Gasteiger partial charge in [0, 0.05) is 6.54 Å². The Morgan fingerprint density at radius 1 is 1.26 bits per heavy atom. The van der Waals surface area contributed by atoms with Crippen molar-refractivity contribution in [2.24, 2.45) is 17.8 Å². The van der Waals surface area contributed by atoms with E-state index in [0.717, 1.165) is 29.6 Å². The zero-order chi connectivity index (χ0) is 24.6. The summed E-state index contributed by atoms with van der Waals surface area (Å²) < 4.78 is 19.7. The van der Waals surface area contributed by atoms with E-state index in [9.17, 15) is 24.1 Å². The number of rotatable bonds is 7. The topological polar surface area (TPSA) is 87.1 Å². The number of carbonyl (C=O) groups excluding carboxylic acids is 2. The van der Waals surface area contributed by atoms with Crippen molar-refractivity contribution in [2.45, 2.75) is 65.3 Å². The molecule has 2 aliphatic heterocycles. The highest BCUT2D eigenvalue weighted by atomic mass is 19.1. The lowest BCUT2D eigenvalue weighted by atomic mass is 9.59. The number of benzene rings is 1. The van der Waals surface area contributed by atoms with Crippen LogP contribution < -0.4 is 0 Å². The summed E-state index contributed by atoms with van der Waals surface area (Å²) in [7, 11) is -0.978. The standard InChI is InChI=1S/C26H33BFNO5/c1-4-10-29-25(31)18-11-15(3)23-19(24(18)26(29)32)14-27(33)34-22(23)9-7-16(5-2)12-17-6-8-21(30)20(28)13-17/h6,8,12-13,18-19,22,24,30,33H,4-5,7,9-11,14H2,1-3H3/b16-12+/t18-,19+,22-,24-/m1/s1. The molecule has 1 aliphatic carbocycles. The molecule has 0 spiro atoms. The number of likely N-dealkylation sites (tertiary alicyclic amines) is 1. The van der Waals surface area contributed by atoms with E-state index in [-0.39, 0.29) is 35.5 Å². The largest absolute Gasteiger partial charge is 0.505 e. The maximum Gasteiger partial charge on any atom is 0.455 e. The molecular weight excluding hydrogens is 436 g/mol. The van der Waals surface area contributed by atoms with E-state index in [1.165, 1.54) is 17.0 Å². The van der Waals surface area contributed by atoms with Crippen molar-refractivity contribution in [3.8, 4) is 5.75 Å². The zero-order valence-corrected chi connectivity index (χ0v) is 20.1. The van der Waals surface area contributed by atoms with E-state index in [0.29, 0.717) is 37.7 Å². The van der Waals surface area contributed by atoms with Gasteiger partial charge in [0.2, 0.25) is 11.8 Å². The number of hydrogen-bond donors (Lipinski definition) is 2. The van der Waals surface area contributed by atoms with Gasteiger partial charge in [0.05, 0.1) is 17.9 Å². The fraction of sp³-hybridized carbons (Fsp3) is 0.538. The molecular formula is C26H33BFNO5. The molecule has 4 atom stereocenters. The number of imide groups is 1. The Morgan fingerprint density at radius 2 is 2.03 bits per heavy atom. The Bertz CT molecular complexity index is 1040. The Labute approximate surface area is 200 Å². The number of allylic oxidation sites excluding steroid dienone is 2. The van der Waals surface area contributed by atoms with Gasteiger partial charge in [-0.15, -0.1) is 0 Å². The van der Waals surface area contributed by atoms with Gasteiger partial charge in [0.25, 0.3) is 0 Å². The molecule has 1 aromatic carbocycles. The molecule has 2 amide bonds. The van der Waals surface area contributed by atoms with Crippen LogP contribution in [-0.4, -0.2) is 46.6 Å². The Morgan fingerprint density at radius 3 is 2.71 bits per heavy atom. The number of phenols is 1. The van der Waals surface area contributed by atoms with Crippen LogP contribution in [0.5, 0.6) is 5.75 Å². The summed E-state index contributed by atoms with van der Waals surface area (Å²) in [6.45, 7) is 6.44. The van der Waals surface area contributed by atoms with Crippen molar-refractivity contribution in [3.05, 3.63) is 46.3 Å². The van der Waals surface area contributed by atoms with Gasteiger partial charge in [-0.3, -0.25) is 14.5 Å². The molecule has 2 saturated heterocycles. The lowest BCUT2D eigenvalue weighted by Crippen LogP contribution is -2.46. The molecule has 0 unspecified atom stereocenters. The van der Waals surface area contributed by atoms with Crippen molar-refractivity contribution < 1.29 is 28.8 Å². The first kappa shape index (κ1) is 24.7. The summed E-state index contributed by atoms with van der Waals surface area (Å²) in [6, 6.07) is 4.32. The zero-order valence-electron chi connectivity index (χ0n) is 20.1. The summed E-state index contributed by atoms with van der Waals surface area (Å²) in [5.74, 6) is -2.16. The molecule has 34 heavy (non-hydrogen) atoms. The number of carbonyl (C=O) groups is 2.